The number of Topliss-reactive ketones (excluding diaryl/α,β-unsaturated/α-hetero) is 2. The van der Waals surface area contributed by atoms with Crippen molar-refractivity contribution in [1.29, 1.82) is 21.0 Å². The van der Waals surface area contributed by atoms with Crippen LogP contribution in [0.5, 0.6) is 0 Å². The number of nitriles is 4. The molecule has 9 heteroatoms. The predicted octanol–water partition coefficient (Wildman–Crippen LogP) is 31.3. The molecule has 122 heavy (non-hydrogen) atoms. The molecule has 0 saturated carbocycles. The molecule has 4 aliphatic rings. The van der Waals surface area contributed by atoms with E-state index >= 15 is 9.59 Å². The third-order valence-electron chi connectivity index (χ3n) is 27.1. The normalized spacial score (nSPS) is 14.5. The van der Waals surface area contributed by atoms with Crippen molar-refractivity contribution < 1.29 is 9.59 Å². The van der Waals surface area contributed by atoms with Gasteiger partial charge in [-0.25, -0.2) is 0 Å². The van der Waals surface area contributed by atoms with Gasteiger partial charge in [-0.1, -0.05) is 341 Å². The van der Waals surface area contributed by atoms with Gasteiger partial charge in [-0.05, 0) is 202 Å². The Balaban J connectivity index is 1.05. The van der Waals surface area contributed by atoms with E-state index < -0.39 is 10.8 Å². The molecule has 0 spiro atoms. The van der Waals surface area contributed by atoms with E-state index in [1.165, 1.54) is 230 Å². The monoisotopic (exact) mass is 1640 g/mol. The molecule has 3 heterocycles. The number of hydrogen-bond acceptors (Lipinski definition) is 8. The van der Waals surface area contributed by atoms with Crippen LogP contribution >= 0.6 is 22.7 Å². The molecule has 0 unspecified atom stereocenters. The first-order valence-electron chi connectivity index (χ1n) is 46.6. The molecule has 0 fully saturated rings. The predicted molar refractivity (Wildman–Crippen MR) is 510 cm³/mol. The van der Waals surface area contributed by atoms with Gasteiger partial charge in [0.2, 0.25) is 0 Å². The van der Waals surface area contributed by atoms with Crippen LogP contribution in [0.15, 0.2) is 204 Å². The summed E-state index contributed by atoms with van der Waals surface area (Å²) < 4.78 is 2.82. The molecule has 11 aromatic rings. The first-order valence-corrected chi connectivity index (χ1v) is 48.2. The van der Waals surface area contributed by atoms with Crippen LogP contribution in [0.4, 0.5) is 0 Å². The molecule has 0 N–H and O–H groups in total. The fraction of sp³-hybridized carbons (Fsp3) is 0.381. The molecule has 0 amide bonds. The third-order valence-corrected chi connectivity index (χ3v) is 29.3. The molecule has 8 aromatic carbocycles. The van der Waals surface area contributed by atoms with Gasteiger partial charge in [-0.2, -0.15) is 21.0 Å². The summed E-state index contributed by atoms with van der Waals surface area (Å²) in [5.41, 5.74) is 21.3. The van der Waals surface area contributed by atoms with Crippen molar-refractivity contribution >= 4 is 79.3 Å². The molecule has 0 atom stereocenters. The molecule has 0 saturated heterocycles. The average Bonchev–Trinajstić information content (AvgIpc) is 1.51. The number of allylic oxidation sites excluding steroid dienone is 6. The lowest BCUT2D eigenvalue weighted by atomic mass is 9.67. The molecular weight excluding hydrogens is 1520 g/mol. The number of nitrogens with zero attached hydrogens (tertiary/aromatic N) is 5. The lowest BCUT2D eigenvalue weighted by Gasteiger charge is -2.34. The summed E-state index contributed by atoms with van der Waals surface area (Å²) in [5.74, 6) is -0.379. The minimum absolute atomic E-state index is 0.0759. The highest BCUT2D eigenvalue weighted by Crippen LogP contribution is 2.64. The summed E-state index contributed by atoms with van der Waals surface area (Å²) in [6.07, 6.45) is 43.1. The van der Waals surface area contributed by atoms with Crippen LogP contribution in [0.1, 0.15) is 349 Å². The Hall–Kier alpha value is -10.8. The number of fused-ring (bicyclic) bond motifs is 11. The highest BCUT2D eigenvalue weighted by atomic mass is 32.1. The van der Waals surface area contributed by atoms with Gasteiger partial charge in [0.05, 0.1) is 21.9 Å². The molecule has 620 valence electrons. The number of carbonyl (C=O) groups excluding carboxylic acids is 2. The summed E-state index contributed by atoms with van der Waals surface area (Å²) in [6.45, 7) is 13.7. The zero-order valence-electron chi connectivity index (χ0n) is 73.0. The zero-order valence-corrected chi connectivity index (χ0v) is 74.6. The number of unbranched alkanes of at least 4 members (excludes halogenated alkanes) is 22. The smallest absolute Gasteiger partial charge is 0.194 e. The van der Waals surface area contributed by atoms with Crippen LogP contribution in [0.2, 0.25) is 0 Å². The SMILES string of the molecule is CCCCCCCCC(CCCCCCCC)n1c2cc3c(cc2c2cc4c(cc21)-c1sc(/C=C2\C(=O)c5ccccc5C2=C(C#N)C#N)cc1C4(c1ccc(CCCCCC)cc1)c1ccc(CCCCCC)cc1)C(c1ccc(CCCCCC)cc1)(c1ccc(CCCCCC)cc1)c1cc(/C=C2\C(=O)c4ccccc4C2=C(C#N)C#N)sc1-3. The van der Waals surface area contributed by atoms with Gasteiger partial charge in [-0.3, -0.25) is 9.59 Å². The number of hydrogen-bond donors (Lipinski definition) is 0. The maximum absolute atomic E-state index is 15.1. The second kappa shape index (κ2) is 40.0. The molecule has 3 aromatic heterocycles. The summed E-state index contributed by atoms with van der Waals surface area (Å²) in [4.78, 5) is 34.2. The van der Waals surface area contributed by atoms with Crippen LogP contribution in [0.25, 0.3) is 66.0 Å². The van der Waals surface area contributed by atoms with E-state index in [4.69, 9.17) is 0 Å². The quantitative estimate of drug-likeness (QED) is 0.0213. The van der Waals surface area contributed by atoms with E-state index in [2.05, 4.69) is 204 Å². The molecule has 4 aliphatic carbocycles. The maximum atomic E-state index is 15.1. The minimum Gasteiger partial charge on any atom is -0.337 e. The number of ketones is 2. The highest BCUT2D eigenvalue weighted by Gasteiger charge is 2.51. The number of benzene rings is 8. The largest absolute Gasteiger partial charge is 0.337 e. The van der Waals surface area contributed by atoms with Crippen molar-refractivity contribution in [3.63, 3.8) is 0 Å². The molecular formula is C113H119N5O2S2. The molecule has 15 rings (SSSR count). The first kappa shape index (κ1) is 86.2. The third kappa shape index (κ3) is 16.9. The maximum Gasteiger partial charge on any atom is 0.194 e. The van der Waals surface area contributed by atoms with Crippen molar-refractivity contribution in [2.45, 2.75) is 277 Å². The highest BCUT2D eigenvalue weighted by molar-refractivity contribution is 7.17. The Morgan fingerprint density at radius 2 is 0.623 bits per heavy atom. The van der Waals surface area contributed by atoms with E-state index in [9.17, 15) is 21.0 Å². The topological polar surface area (TPSA) is 134 Å². The van der Waals surface area contributed by atoms with Crippen molar-refractivity contribution in [3.05, 3.63) is 303 Å². The number of aryl methyl sites for hydroxylation is 4. The van der Waals surface area contributed by atoms with Crippen molar-refractivity contribution in [1.82, 2.24) is 4.57 Å². The van der Waals surface area contributed by atoms with Gasteiger partial charge in [-0.15, -0.1) is 22.7 Å². The van der Waals surface area contributed by atoms with Crippen molar-refractivity contribution in [2.24, 2.45) is 0 Å². The van der Waals surface area contributed by atoms with Crippen molar-refractivity contribution in [2.75, 3.05) is 0 Å². The molecule has 0 bridgehead atoms. The van der Waals surface area contributed by atoms with Crippen LogP contribution < -0.4 is 0 Å². The number of rotatable bonds is 41. The fourth-order valence-electron chi connectivity index (χ4n) is 20.7. The summed E-state index contributed by atoms with van der Waals surface area (Å²) >= 11 is 3.43. The zero-order chi connectivity index (χ0) is 84.7. The van der Waals surface area contributed by atoms with E-state index in [1.807, 2.05) is 60.7 Å². The van der Waals surface area contributed by atoms with E-state index in [0.717, 1.165) is 108 Å². The molecule has 0 radical (unpaired) electrons. The fourth-order valence-corrected chi connectivity index (χ4v) is 23.1. The van der Waals surface area contributed by atoms with Crippen LogP contribution in [0.3, 0.4) is 0 Å². The standard InChI is InChI=1S/C113H119N5O2S2/c1-7-13-19-25-27-33-43-87(44-34-28-26-20-14-8-2)118-104-71-96-100(112(83-57-49-77(50-58-83)39-29-21-15-9-3,84-59-51-78(52-60-84)40-30-22-16-10-4)102-67-88(121-110(96)102)65-98-106(81(73-114)74-115)90-45-35-37-47-92(90)108(98)119)69-94(104)95-70-101-97(72-105(95)118)111-103(68-89(122-111)66-99-107(82(75-116)76-117)91-46-36-38-48-93(91)109(99)120)113(101,85-61-53-79(54-62-85)41-31-23-17-11-5)86-63-55-80(56-64-86)42-32-24-18-12-6/h35-38,45-72,87H,7-34,39-44H2,1-6H3/b98-65-,99-66-. The molecule has 7 nitrogen and oxygen atoms in total. The minimum atomic E-state index is -0.866. The van der Waals surface area contributed by atoms with Crippen molar-refractivity contribution in [3.8, 4) is 45.2 Å². The van der Waals surface area contributed by atoms with Gasteiger partial charge < -0.3 is 4.57 Å². The second-order valence-electron chi connectivity index (χ2n) is 35.1. The number of aromatic nitrogens is 1. The van der Waals surface area contributed by atoms with Gasteiger partial charge in [0.25, 0.3) is 0 Å². The lowest BCUT2D eigenvalue weighted by molar-refractivity contribution is 0.103. The summed E-state index contributed by atoms with van der Waals surface area (Å²) in [6, 6.07) is 77.6. The van der Waals surface area contributed by atoms with E-state index in [1.54, 1.807) is 22.7 Å². The Bertz CT molecular complexity index is 5450. The second-order valence-corrected chi connectivity index (χ2v) is 37.3. The Kier molecular flexibility index (Phi) is 28.3. The van der Waals surface area contributed by atoms with Gasteiger partial charge in [0.1, 0.15) is 35.4 Å². The van der Waals surface area contributed by atoms with Crippen LogP contribution in [0, 0.1) is 45.3 Å². The van der Waals surface area contributed by atoms with E-state index in [-0.39, 0.29) is 28.8 Å². The molecule has 0 aliphatic heterocycles. The Morgan fingerprint density at radius 1 is 0.336 bits per heavy atom. The average molecular weight is 1640 g/mol. The Labute approximate surface area is 734 Å². The van der Waals surface area contributed by atoms with Gasteiger partial charge >= 0.3 is 0 Å². The lowest BCUT2D eigenvalue weighted by Crippen LogP contribution is -2.28. The van der Waals surface area contributed by atoms with Gasteiger partial charge in [0.15, 0.2) is 11.6 Å². The number of carbonyl (C=O) groups is 2. The first-order chi connectivity index (χ1) is 59.9. The number of thiophene rings is 2. The van der Waals surface area contributed by atoms with Gasteiger partial charge in [0, 0.05) is 69.7 Å². The summed E-state index contributed by atoms with van der Waals surface area (Å²) in [5, 5.41) is 45.3. The van der Waals surface area contributed by atoms with Crippen LogP contribution in [-0.2, 0) is 36.5 Å². The van der Waals surface area contributed by atoms with E-state index in [0.29, 0.717) is 44.5 Å². The Morgan fingerprint density at radius 3 is 0.926 bits per heavy atom. The summed E-state index contributed by atoms with van der Waals surface area (Å²) in [7, 11) is 0. The van der Waals surface area contributed by atoms with Crippen LogP contribution in [-0.4, -0.2) is 16.1 Å².